The number of methoxy groups -OCH3 is 2. The maximum absolute atomic E-state index is 12.5. The topological polar surface area (TPSA) is 96.4 Å². The largest absolute Gasteiger partial charge is 0.497 e. The van der Waals surface area contributed by atoms with Crippen LogP contribution in [0.1, 0.15) is 18.4 Å². The summed E-state index contributed by atoms with van der Waals surface area (Å²) in [6.07, 6.45) is 1.30. The first-order chi connectivity index (χ1) is 12.8. The van der Waals surface area contributed by atoms with Crippen LogP contribution in [0.5, 0.6) is 11.5 Å². The zero-order chi connectivity index (χ0) is 20.0. The molecule has 148 valence electrons. The number of carboxylic acids is 1. The molecule has 1 N–H and O–H groups in total. The van der Waals surface area contributed by atoms with E-state index >= 15 is 0 Å². The summed E-state index contributed by atoms with van der Waals surface area (Å²) in [6, 6.07) is 5.20. The van der Waals surface area contributed by atoms with Gasteiger partial charge in [-0.05, 0) is 31.0 Å². The minimum absolute atomic E-state index is 0.0713. The summed E-state index contributed by atoms with van der Waals surface area (Å²) in [5.74, 6) is -0.711. The number of piperidine rings is 1. The number of hydrogen-bond acceptors (Lipinski definition) is 5. The Morgan fingerprint density at radius 3 is 2.63 bits per heavy atom. The number of carbonyl (C=O) groups is 3. The lowest BCUT2D eigenvalue weighted by Gasteiger charge is -2.32. The maximum Gasteiger partial charge on any atom is 0.308 e. The van der Waals surface area contributed by atoms with Gasteiger partial charge in [0.1, 0.15) is 11.5 Å². The third-order valence-electron chi connectivity index (χ3n) is 4.75. The first-order valence-corrected chi connectivity index (χ1v) is 8.81. The van der Waals surface area contributed by atoms with Gasteiger partial charge >= 0.3 is 5.97 Å². The molecular formula is C19H26N2O6. The minimum Gasteiger partial charge on any atom is -0.497 e. The molecule has 1 fully saturated rings. The number of benzene rings is 1. The molecule has 0 aliphatic carbocycles. The van der Waals surface area contributed by atoms with E-state index in [0.29, 0.717) is 36.4 Å². The molecule has 0 saturated carbocycles. The number of likely N-dealkylation sites (N-methyl/N-ethyl adjacent to an activating group) is 1. The molecule has 1 atom stereocenters. The van der Waals surface area contributed by atoms with Crippen molar-refractivity contribution < 1.29 is 29.0 Å². The number of ether oxygens (including phenoxy) is 2. The Morgan fingerprint density at radius 2 is 2.00 bits per heavy atom. The summed E-state index contributed by atoms with van der Waals surface area (Å²) in [5.41, 5.74) is 0.671. The fraction of sp³-hybridized carbons (Fsp3) is 0.526. The second-order valence-electron chi connectivity index (χ2n) is 6.62. The molecule has 0 radical (unpaired) electrons. The highest BCUT2D eigenvalue weighted by atomic mass is 16.5. The van der Waals surface area contributed by atoms with E-state index in [-0.39, 0.29) is 31.3 Å². The highest BCUT2D eigenvalue weighted by Gasteiger charge is 2.29. The van der Waals surface area contributed by atoms with Crippen LogP contribution in [0.2, 0.25) is 0 Å². The molecule has 1 aromatic carbocycles. The summed E-state index contributed by atoms with van der Waals surface area (Å²) >= 11 is 0. The fourth-order valence-corrected chi connectivity index (χ4v) is 3.11. The predicted octanol–water partition coefficient (Wildman–Crippen LogP) is 1.03. The van der Waals surface area contributed by atoms with Crippen LogP contribution in [0.3, 0.4) is 0 Å². The van der Waals surface area contributed by atoms with E-state index in [1.807, 2.05) is 0 Å². The molecule has 8 heteroatoms. The van der Waals surface area contributed by atoms with Crippen LogP contribution in [0.15, 0.2) is 18.2 Å². The van der Waals surface area contributed by atoms with E-state index in [4.69, 9.17) is 14.6 Å². The molecule has 1 aliphatic heterocycles. The van der Waals surface area contributed by atoms with Crippen molar-refractivity contribution >= 4 is 17.8 Å². The SMILES string of the molecule is COc1ccc(OC)c(CC(=O)N(C)CC(=O)N2CCCC(C(=O)O)C2)c1. The van der Waals surface area contributed by atoms with Gasteiger partial charge < -0.3 is 24.4 Å². The molecule has 8 nitrogen and oxygen atoms in total. The van der Waals surface area contributed by atoms with Crippen LogP contribution >= 0.6 is 0 Å². The van der Waals surface area contributed by atoms with Crippen molar-refractivity contribution in [2.45, 2.75) is 19.3 Å². The van der Waals surface area contributed by atoms with Crippen LogP contribution in [-0.2, 0) is 20.8 Å². The molecule has 0 spiro atoms. The summed E-state index contributed by atoms with van der Waals surface area (Å²) in [4.78, 5) is 39.0. The van der Waals surface area contributed by atoms with Gasteiger partial charge in [0, 0.05) is 25.7 Å². The lowest BCUT2D eigenvalue weighted by molar-refractivity contribution is -0.147. The Balaban J connectivity index is 1.97. The zero-order valence-corrected chi connectivity index (χ0v) is 15.9. The Kier molecular flexibility index (Phi) is 7.04. The molecule has 1 unspecified atom stereocenters. The Morgan fingerprint density at radius 1 is 1.26 bits per heavy atom. The van der Waals surface area contributed by atoms with Crippen molar-refractivity contribution in [3.8, 4) is 11.5 Å². The molecule has 27 heavy (non-hydrogen) atoms. The van der Waals surface area contributed by atoms with Gasteiger partial charge in [0.25, 0.3) is 0 Å². The van der Waals surface area contributed by atoms with E-state index in [1.54, 1.807) is 32.4 Å². The van der Waals surface area contributed by atoms with Crippen molar-refractivity contribution in [2.24, 2.45) is 5.92 Å². The zero-order valence-electron chi connectivity index (χ0n) is 15.9. The summed E-state index contributed by atoms with van der Waals surface area (Å²) in [7, 11) is 4.63. The Labute approximate surface area is 158 Å². The minimum atomic E-state index is -0.887. The Bertz CT molecular complexity index is 705. The fourth-order valence-electron chi connectivity index (χ4n) is 3.11. The molecular weight excluding hydrogens is 352 g/mol. The second kappa shape index (κ2) is 9.25. The van der Waals surface area contributed by atoms with Crippen LogP contribution in [0.4, 0.5) is 0 Å². The number of rotatable bonds is 7. The highest BCUT2D eigenvalue weighted by molar-refractivity contribution is 5.86. The lowest BCUT2D eigenvalue weighted by atomic mass is 9.98. The first kappa shape index (κ1) is 20.5. The lowest BCUT2D eigenvalue weighted by Crippen LogP contribution is -2.47. The van der Waals surface area contributed by atoms with Gasteiger partial charge in [0.15, 0.2) is 0 Å². The van der Waals surface area contributed by atoms with Crippen molar-refractivity contribution in [3.63, 3.8) is 0 Å². The molecule has 2 rings (SSSR count). The summed E-state index contributed by atoms with van der Waals surface area (Å²) in [6.45, 7) is 0.631. The quantitative estimate of drug-likeness (QED) is 0.761. The van der Waals surface area contributed by atoms with Crippen molar-refractivity contribution in [1.29, 1.82) is 0 Å². The van der Waals surface area contributed by atoms with Crippen LogP contribution < -0.4 is 9.47 Å². The Hall–Kier alpha value is -2.77. The molecule has 1 aromatic rings. The third-order valence-corrected chi connectivity index (χ3v) is 4.75. The van der Waals surface area contributed by atoms with Gasteiger partial charge in [-0.25, -0.2) is 0 Å². The van der Waals surface area contributed by atoms with E-state index in [1.165, 1.54) is 16.9 Å². The predicted molar refractivity (Wildman–Crippen MR) is 97.8 cm³/mol. The summed E-state index contributed by atoms with van der Waals surface area (Å²) < 4.78 is 10.5. The number of nitrogens with zero attached hydrogens (tertiary/aromatic N) is 2. The number of hydrogen-bond donors (Lipinski definition) is 1. The molecule has 1 saturated heterocycles. The van der Waals surface area contributed by atoms with Gasteiger partial charge in [-0.15, -0.1) is 0 Å². The molecule has 0 bridgehead atoms. The van der Waals surface area contributed by atoms with Gasteiger partial charge in [0.2, 0.25) is 11.8 Å². The van der Waals surface area contributed by atoms with Crippen molar-refractivity contribution in [3.05, 3.63) is 23.8 Å². The average Bonchev–Trinajstić information content (AvgIpc) is 2.67. The first-order valence-electron chi connectivity index (χ1n) is 8.81. The van der Waals surface area contributed by atoms with E-state index < -0.39 is 11.9 Å². The number of likely N-dealkylation sites (tertiary alicyclic amines) is 1. The maximum atomic E-state index is 12.5. The third kappa shape index (κ3) is 5.35. The summed E-state index contributed by atoms with van der Waals surface area (Å²) in [5, 5.41) is 9.14. The van der Waals surface area contributed by atoms with Crippen molar-refractivity contribution in [2.75, 3.05) is 40.9 Å². The van der Waals surface area contributed by atoms with Gasteiger partial charge in [-0.1, -0.05) is 0 Å². The molecule has 0 aromatic heterocycles. The van der Waals surface area contributed by atoms with Gasteiger partial charge in [0.05, 0.1) is 33.1 Å². The second-order valence-corrected chi connectivity index (χ2v) is 6.62. The van der Waals surface area contributed by atoms with Crippen LogP contribution in [0, 0.1) is 5.92 Å². The number of carboxylic acid groups (broad SMARTS) is 1. The van der Waals surface area contributed by atoms with Gasteiger partial charge in [-0.2, -0.15) is 0 Å². The van der Waals surface area contributed by atoms with E-state index in [2.05, 4.69) is 0 Å². The number of aliphatic carboxylic acids is 1. The number of amides is 2. The molecule has 1 aliphatic rings. The standard InChI is InChI=1S/C19H26N2O6/c1-20(12-18(23)21-8-4-5-13(11-21)19(24)25)17(22)10-14-9-15(26-2)6-7-16(14)27-3/h6-7,9,13H,4-5,8,10-12H2,1-3H3,(H,24,25). The van der Waals surface area contributed by atoms with Gasteiger partial charge in [-0.3, -0.25) is 14.4 Å². The molecule has 2 amide bonds. The van der Waals surface area contributed by atoms with Crippen LogP contribution in [0.25, 0.3) is 0 Å². The smallest absolute Gasteiger partial charge is 0.308 e. The number of carbonyl (C=O) groups excluding carboxylic acids is 2. The van der Waals surface area contributed by atoms with E-state index in [9.17, 15) is 14.4 Å². The molecule has 1 heterocycles. The average molecular weight is 378 g/mol. The van der Waals surface area contributed by atoms with E-state index in [0.717, 1.165) is 0 Å². The highest BCUT2D eigenvalue weighted by Crippen LogP contribution is 2.25. The monoisotopic (exact) mass is 378 g/mol. The van der Waals surface area contributed by atoms with Crippen LogP contribution in [-0.4, -0.2) is 73.6 Å². The normalized spacial score (nSPS) is 16.6. The van der Waals surface area contributed by atoms with Crippen molar-refractivity contribution in [1.82, 2.24) is 9.80 Å².